The van der Waals surface area contributed by atoms with Gasteiger partial charge < -0.3 is 26.7 Å². The maximum Gasteiger partial charge on any atom is 1.00 e. The number of rotatable bonds is 4. The van der Waals surface area contributed by atoms with Crippen LogP contribution < -0.4 is 51.4 Å². The Labute approximate surface area is 123 Å². The van der Waals surface area contributed by atoms with Crippen LogP contribution in [0.15, 0.2) is 0 Å². The molecular formula is C6H18BKO5. The summed E-state index contributed by atoms with van der Waals surface area (Å²) in [5, 5.41) is 38.6. The minimum Gasteiger partial charge on any atom is -1.00 e. The SMILES string of the molecule is CCCCC(O)CO.OB(O)O.[H-].[K+]. The van der Waals surface area contributed by atoms with Crippen LogP contribution in [0.25, 0.3) is 0 Å². The van der Waals surface area contributed by atoms with Crippen molar-refractivity contribution in [3.63, 3.8) is 0 Å². The molecule has 0 aromatic rings. The molecule has 7 heteroatoms. The normalized spacial score (nSPS) is 10.6. The van der Waals surface area contributed by atoms with Gasteiger partial charge in [0.1, 0.15) is 0 Å². The van der Waals surface area contributed by atoms with E-state index in [9.17, 15) is 0 Å². The van der Waals surface area contributed by atoms with Crippen LogP contribution in [-0.2, 0) is 0 Å². The van der Waals surface area contributed by atoms with Gasteiger partial charge in [-0.15, -0.1) is 0 Å². The van der Waals surface area contributed by atoms with Crippen LogP contribution in [0, 0.1) is 0 Å². The molecule has 0 heterocycles. The average Bonchev–Trinajstić information content (AvgIpc) is 1.99. The molecule has 5 nitrogen and oxygen atoms in total. The fraction of sp³-hybridized carbons (Fsp3) is 1.00. The first-order valence-electron chi connectivity index (χ1n) is 3.87. The van der Waals surface area contributed by atoms with E-state index in [0.717, 1.165) is 19.3 Å². The van der Waals surface area contributed by atoms with E-state index < -0.39 is 13.4 Å². The van der Waals surface area contributed by atoms with Crippen LogP contribution in [0.4, 0.5) is 0 Å². The molecule has 0 aromatic heterocycles. The molecule has 1 atom stereocenters. The molecule has 0 aromatic carbocycles. The molecule has 0 saturated heterocycles. The molecule has 1 unspecified atom stereocenters. The molecule has 0 bridgehead atoms. The maximum absolute atomic E-state index is 8.74. The summed E-state index contributed by atoms with van der Waals surface area (Å²) < 4.78 is 0. The summed E-state index contributed by atoms with van der Waals surface area (Å²) in [5.41, 5.74) is 0. The second-order valence-electron chi connectivity index (χ2n) is 2.33. The summed E-state index contributed by atoms with van der Waals surface area (Å²) in [7, 11) is -2.17. The van der Waals surface area contributed by atoms with Crippen molar-refractivity contribution in [1.29, 1.82) is 0 Å². The molecule has 0 saturated carbocycles. The molecule has 13 heavy (non-hydrogen) atoms. The van der Waals surface area contributed by atoms with Gasteiger partial charge in [0.05, 0.1) is 12.7 Å². The molecular weight excluding hydrogens is 202 g/mol. The largest absolute Gasteiger partial charge is 1.00 e. The monoisotopic (exact) mass is 220 g/mol. The van der Waals surface area contributed by atoms with Gasteiger partial charge in [-0.3, -0.25) is 0 Å². The van der Waals surface area contributed by atoms with Crippen LogP contribution in [-0.4, -0.2) is 45.3 Å². The van der Waals surface area contributed by atoms with E-state index in [0.29, 0.717) is 0 Å². The van der Waals surface area contributed by atoms with Crippen molar-refractivity contribution in [3.8, 4) is 0 Å². The molecule has 0 rings (SSSR count). The van der Waals surface area contributed by atoms with Gasteiger partial charge in [0, 0.05) is 0 Å². The molecule has 0 aliphatic heterocycles. The number of hydrogen-bond donors (Lipinski definition) is 5. The molecule has 0 amide bonds. The van der Waals surface area contributed by atoms with Crippen molar-refractivity contribution in [1.82, 2.24) is 0 Å². The molecule has 5 N–H and O–H groups in total. The van der Waals surface area contributed by atoms with Crippen LogP contribution in [0.5, 0.6) is 0 Å². The first-order valence-corrected chi connectivity index (χ1v) is 3.87. The van der Waals surface area contributed by atoms with Crippen molar-refractivity contribution in [2.24, 2.45) is 0 Å². The molecule has 0 aliphatic carbocycles. The molecule has 0 aliphatic rings. The van der Waals surface area contributed by atoms with Crippen molar-refractivity contribution < 1.29 is 78.1 Å². The number of hydrogen-bond acceptors (Lipinski definition) is 5. The van der Waals surface area contributed by atoms with Crippen molar-refractivity contribution in [2.75, 3.05) is 6.61 Å². The Bertz CT molecular complexity index is 87.9. The Morgan fingerprint density at radius 1 is 1.31 bits per heavy atom. The van der Waals surface area contributed by atoms with Crippen molar-refractivity contribution >= 4 is 7.32 Å². The van der Waals surface area contributed by atoms with E-state index in [4.69, 9.17) is 25.3 Å². The first-order chi connectivity index (χ1) is 5.54. The fourth-order valence-electron chi connectivity index (χ4n) is 0.531. The van der Waals surface area contributed by atoms with Gasteiger partial charge in [-0.2, -0.15) is 0 Å². The summed E-state index contributed by atoms with van der Waals surface area (Å²) in [6.07, 6.45) is 2.32. The van der Waals surface area contributed by atoms with E-state index in [1.165, 1.54) is 0 Å². The predicted molar refractivity (Wildman–Crippen MR) is 46.1 cm³/mol. The number of unbranched alkanes of at least 4 members (excludes halogenated alkanes) is 1. The second kappa shape index (κ2) is 16.0. The Hall–Kier alpha value is 1.50. The summed E-state index contributed by atoms with van der Waals surface area (Å²) in [5.74, 6) is 0. The minimum atomic E-state index is -2.17. The van der Waals surface area contributed by atoms with Gasteiger partial charge in [0.2, 0.25) is 0 Å². The molecule has 0 radical (unpaired) electrons. The van der Waals surface area contributed by atoms with E-state index >= 15 is 0 Å². The number of aliphatic hydroxyl groups excluding tert-OH is 2. The van der Waals surface area contributed by atoms with Gasteiger partial charge in [-0.05, 0) is 6.42 Å². The van der Waals surface area contributed by atoms with Crippen molar-refractivity contribution in [2.45, 2.75) is 32.3 Å². The van der Waals surface area contributed by atoms with Crippen LogP contribution in [0.1, 0.15) is 27.6 Å². The third kappa shape index (κ3) is 31.7. The quantitative estimate of drug-likeness (QED) is 0.308. The summed E-state index contributed by atoms with van der Waals surface area (Å²) in [6.45, 7) is 1.96. The van der Waals surface area contributed by atoms with Gasteiger partial charge in [0.15, 0.2) is 0 Å². The van der Waals surface area contributed by atoms with E-state index in [-0.39, 0.29) is 59.4 Å². The maximum atomic E-state index is 8.74. The average molecular weight is 220 g/mol. The molecule has 0 spiro atoms. The third-order valence-electron chi connectivity index (χ3n) is 1.10. The van der Waals surface area contributed by atoms with Gasteiger partial charge in [0.25, 0.3) is 0 Å². The number of aliphatic hydroxyl groups is 2. The van der Waals surface area contributed by atoms with Crippen molar-refractivity contribution in [3.05, 3.63) is 0 Å². The van der Waals surface area contributed by atoms with Gasteiger partial charge in [-0.25, -0.2) is 0 Å². The van der Waals surface area contributed by atoms with Crippen LogP contribution in [0.3, 0.4) is 0 Å². The van der Waals surface area contributed by atoms with Gasteiger partial charge >= 0.3 is 58.7 Å². The Morgan fingerprint density at radius 3 is 1.92 bits per heavy atom. The first kappa shape index (κ1) is 20.0. The summed E-state index contributed by atoms with van der Waals surface area (Å²) in [6, 6.07) is 0. The van der Waals surface area contributed by atoms with Crippen LogP contribution in [0.2, 0.25) is 0 Å². The third-order valence-corrected chi connectivity index (χ3v) is 1.10. The predicted octanol–water partition coefficient (Wildman–Crippen LogP) is -4.41. The topological polar surface area (TPSA) is 101 Å². The zero-order valence-corrected chi connectivity index (χ0v) is 11.3. The minimum absolute atomic E-state index is 0. The summed E-state index contributed by atoms with van der Waals surface area (Å²) in [4.78, 5) is 0. The Balaban J connectivity index is -0.0000000733. The Kier molecular flexibility index (Phi) is 24.5. The second-order valence-corrected chi connectivity index (χ2v) is 2.33. The molecule has 76 valence electrons. The van der Waals surface area contributed by atoms with Gasteiger partial charge in [-0.1, -0.05) is 19.8 Å². The Morgan fingerprint density at radius 2 is 1.69 bits per heavy atom. The molecule has 0 fully saturated rings. The smallest absolute Gasteiger partial charge is 1.00 e. The van der Waals surface area contributed by atoms with E-state index in [1.54, 1.807) is 0 Å². The summed E-state index contributed by atoms with van der Waals surface area (Å²) >= 11 is 0. The zero-order valence-electron chi connectivity index (χ0n) is 9.22. The van der Waals surface area contributed by atoms with E-state index in [1.807, 2.05) is 0 Å². The standard InChI is InChI=1S/C6H14O2.BH3O3.K.H/c1-2-3-4-6(8)5-7;2-1(3)4;;/h6-8H,2-5H2,1H3;2-4H;;/q;;+1;-1. The van der Waals surface area contributed by atoms with E-state index in [2.05, 4.69) is 6.92 Å². The fourth-order valence-corrected chi connectivity index (χ4v) is 0.531. The zero-order chi connectivity index (χ0) is 9.98. The van der Waals surface area contributed by atoms with Crippen LogP contribution >= 0.6 is 0 Å².